The Labute approximate surface area is 129 Å². The Balaban J connectivity index is 1.69. The van der Waals surface area contributed by atoms with Gasteiger partial charge in [0.1, 0.15) is 5.69 Å². The Morgan fingerprint density at radius 3 is 2.52 bits per heavy atom. The molecule has 1 aliphatic heterocycles. The van der Waals surface area contributed by atoms with Gasteiger partial charge in [0.25, 0.3) is 0 Å². The molecule has 0 unspecified atom stereocenters. The Morgan fingerprint density at radius 1 is 1.19 bits per heavy atom. The average molecular weight is 307 g/mol. The summed E-state index contributed by atoms with van der Waals surface area (Å²) in [6.45, 7) is 6.80. The highest BCUT2D eigenvalue weighted by Crippen LogP contribution is 2.22. The molecule has 0 saturated carbocycles. The van der Waals surface area contributed by atoms with Crippen LogP contribution in [0.2, 0.25) is 5.02 Å². The van der Waals surface area contributed by atoms with Gasteiger partial charge in [-0.25, -0.2) is 0 Å². The van der Waals surface area contributed by atoms with E-state index in [-0.39, 0.29) is 12.2 Å². The molecular weight excluding hydrogens is 288 g/mol. The summed E-state index contributed by atoms with van der Waals surface area (Å²) in [6, 6.07) is 9.60. The van der Waals surface area contributed by atoms with E-state index in [1.54, 1.807) is 0 Å². The fourth-order valence-electron chi connectivity index (χ4n) is 2.78. The molecule has 2 heterocycles. The normalized spacial score (nSPS) is 23.4. The third-order valence-corrected chi connectivity index (χ3v) is 3.83. The van der Waals surface area contributed by atoms with Crippen LogP contribution in [0.4, 0.5) is 0 Å². The number of ether oxygens (including phenoxy) is 1. The first-order chi connectivity index (χ1) is 10.1. The van der Waals surface area contributed by atoms with E-state index in [4.69, 9.17) is 20.9 Å². The van der Waals surface area contributed by atoms with Crippen molar-refractivity contribution in [3.05, 3.63) is 41.1 Å². The molecule has 1 aromatic carbocycles. The Morgan fingerprint density at radius 2 is 1.86 bits per heavy atom. The van der Waals surface area contributed by atoms with E-state index in [2.05, 4.69) is 23.9 Å². The summed E-state index contributed by atoms with van der Waals surface area (Å²) >= 11 is 5.90. The van der Waals surface area contributed by atoms with Crippen LogP contribution in [0.3, 0.4) is 0 Å². The van der Waals surface area contributed by atoms with Crippen molar-refractivity contribution < 1.29 is 9.26 Å². The quantitative estimate of drug-likeness (QED) is 0.868. The van der Waals surface area contributed by atoms with Crippen molar-refractivity contribution in [3.8, 4) is 11.3 Å². The van der Waals surface area contributed by atoms with Crippen molar-refractivity contribution in [1.29, 1.82) is 0 Å². The van der Waals surface area contributed by atoms with Gasteiger partial charge in [0, 0.05) is 29.7 Å². The van der Waals surface area contributed by atoms with Crippen LogP contribution in [-0.2, 0) is 11.3 Å². The zero-order valence-corrected chi connectivity index (χ0v) is 13.0. The number of hydrogen-bond donors (Lipinski definition) is 0. The summed E-state index contributed by atoms with van der Waals surface area (Å²) in [6.07, 6.45) is 0.514. The molecule has 0 radical (unpaired) electrons. The first-order valence-electron chi connectivity index (χ1n) is 7.19. The highest BCUT2D eigenvalue weighted by atomic mass is 35.5. The lowest BCUT2D eigenvalue weighted by Crippen LogP contribution is -2.44. The highest BCUT2D eigenvalue weighted by Gasteiger charge is 2.23. The van der Waals surface area contributed by atoms with Gasteiger partial charge in [-0.05, 0) is 26.0 Å². The van der Waals surface area contributed by atoms with Crippen molar-refractivity contribution in [3.63, 3.8) is 0 Å². The predicted octanol–water partition coefficient (Wildman–Crippen LogP) is 3.60. The predicted molar refractivity (Wildman–Crippen MR) is 82.2 cm³/mol. The van der Waals surface area contributed by atoms with Crippen LogP contribution in [0.5, 0.6) is 0 Å². The van der Waals surface area contributed by atoms with Gasteiger partial charge in [-0.3, -0.25) is 4.90 Å². The summed E-state index contributed by atoms with van der Waals surface area (Å²) in [5.41, 5.74) is 1.86. The van der Waals surface area contributed by atoms with Gasteiger partial charge in [0.15, 0.2) is 5.76 Å². The van der Waals surface area contributed by atoms with E-state index >= 15 is 0 Å². The SMILES string of the molecule is C[C@@H]1CN(Cc2cc(-c3ccc(Cl)cc3)no2)C[C@H](C)O1. The van der Waals surface area contributed by atoms with E-state index in [1.165, 1.54) is 0 Å². The minimum atomic E-state index is 0.257. The van der Waals surface area contributed by atoms with Gasteiger partial charge >= 0.3 is 0 Å². The maximum atomic E-state index is 5.90. The number of benzene rings is 1. The summed E-state index contributed by atoms with van der Waals surface area (Å²) < 4.78 is 11.2. The van der Waals surface area contributed by atoms with Crippen molar-refractivity contribution in [2.45, 2.75) is 32.6 Å². The third-order valence-electron chi connectivity index (χ3n) is 3.57. The maximum absolute atomic E-state index is 5.90. The number of rotatable bonds is 3. The van der Waals surface area contributed by atoms with Gasteiger partial charge < -0.3 is 9.26 Å². The van der Waals surface area contributed by atoms with Crippen LogP contribution < -0.4 is 0 Å². The number of halogens is 1. The molecule has 21 heavy (non-hydrogen) atoms. The van der Waals surface area contributed by atoms with E-state index in [0.717, 1.165) is 41.7 Å². The van der Waals surface area contributed by atoms with Gasteiger partial charge in [0.05, 0.1) is 18.8 Å². The van der Waals surface area contributed by atoms with Crippen LogP contribution >= 0.6 is 11.6 Å². The molecule has 112 valence electrons. The van der Waals surface area contributed by atoms with Crippen LogP contribution in [0.15, 0.2) is 34.9 Å². The molecule has 1 fully saturated rings. The van der Waals surface area contributed by atoms with Gasteiger partial charge in [-0.15, -0.1) is 0 Å². The molecule has 0 bridgehead atoms. The summed E-state index contributed by atoms with van der Waals surface area (Å²) in [4.78, 5) is 2.34. The number of morpholine rings is 1. The fraction of sp³-hybridized carbons (Fsp3) is 0.438. The number of nitrogens with zero attached hydrogens (tertiary/aromatic N) is 2. The highest BCUT2D eigenvalue weighted by molar-refractivity contribution is 6.30. The Hall–Kier alpha value is -1.36. The monoisotopic (exact) mass is 306 g/mol. The molecule has 4 nitrogen and oxygen atoms in total. The molecule has 0 aliphatic carbocycles. The van der Waals surface area contributed by atoms with Crippen molar-refractivity contribution >= 4 is 11.6 Å². The molecule has 2 aromatic rings. The third kappa shape index (κ3) is 3.64. The van der Waals surface area contributed by atoms with Crippen molar-refractivity contribution in [1.82, 2.24) is 10.1 Å². The largest absolute Gasteiger partial charge is 0.373 e. The van der Waals surface area contributed by atoms with Crippen molar-refractivity contribution in [2.24, 2.45) is 0 Å². The molecule has 1 saturated heterocycles. The minimum Gasteiger partial charge on any atom is -0.373 e. The second-order valence-corrected chi connectivity index (χ2v) is 6.07. The zero-order chi connectivity index (χ0) is 14.8. The number of aromatic nitrogens is 1. The van der Waals surface area contributed by atoms with Gasteiger partial charge in [0.2, 0.25) is 0 Å². The van der Waals surface area contributed by atoms with Crippen LogP contribution in [-0.4, -0.2) is 35.4 Å². The van der Waals surface area contributed by atoms with Gasteiger partial charge in [-0.1, -0.05) is 28.9 Å². The summed E-state index contributed by atoms with van der Waals surface area (Å²) in [7, 11) is 0. The van der Waals surface area contributed by atoms with E-state index in [0.29, 0.717) is 0 Å². The molecule has 5 heteroatoms. The van der Waals surface area contributed by atoms with Crippen molar-refractivity contribution in [2.75, 3.05) is 13.1 Å². The fourth-order valence-corrected chi connectivity index (χ4v) is 2.90. The maximum Gasteiger partial charge on any atom is 0.151 e. The van der Waals surface area contributed by atoms with Gasteiger partial charge in [-0.2, -0.15) is 0 Å². The average Bonchev–Trinajstić information content (AvgIpc) is 2.87. The lowest BCUT2D eigenvalue weighted by molar-refractivity contribution is -0.0721. The molecule has 1 aromatic heterocycles. The zero-order valence-electron chi connectivity index (χ0n) is 12.3. The summed E-state index contributed by atoms with van der Waals surface area (Å²) in [5.74, 6) is 0.876. The van der Waals surface area contributed by atoms with Crippen LogP contribution in [0.25, 0.3) is 11.3 Å². The molecule has 1 aliphatic rings. The molecule has 0 N–H and O–H groups in total. The standard InChI is InChI=1S/C16H19ClN2O2/c1-11-8-19(9-12(2)20-11)10-15-7-16(18-21-15)13-3-5-14(17)6-4-13/h3-7,11-12H,8-10H2,1-2H3/t11-,12+. The second kappa shape index (κ2) is 6.18. The molecule has 2 atom stereocenters. The molecule has 0 amide bonds. The lowest BCUT2D eigenvalue weighted by Gasteiger charge is -2.34. The molecule has 0 spiro atoms. The van der Waals surface area contributed by atoms with E-state index in [9.17, 15) is 0 Å². The summed E-state index contributed by atoms with van der Waals surface area (Å²) in [5, 5.41) is 4.86. The topological polar surface area (TPSA) is 38.5 Å². The molecular formula is C16H19ClN2O2. The first-order valence-corrected chi connectivity index (χ1v) is 7.57. The molecule has 3 rings (SSSR count). The first kappa shape index (κ1) is 14.6. The lowest BCUT2D eigenvalue weighted by atomic mass is 10.1. The number of hydrogen-bond acceptors (Lipinski definition) is 4. The van der Waals surface area contributed by atoms with Crippen LogP contribution in [0, 0.1) is 0 Å². The Kier molecular flexibility index (Phi) is 4.29. The van der Waals surface area contributed by atoms with Crippen LogP contribution in [0.1, 0.15) is 19.6 Å². The minimum absolute atomic E-state index is 0.257. The smallest absolute Gasteiger partial charge is 0.151 e. The van der Waals surface area contributed by atoms with E-state index in [1.807, 2.05) is 30.3 Å². The Bertz CT molecular complexity index is 587. The van der Waals surface area contributed by atoms with E-state index < -0.39 is 0 Å². The second-order valence-electron chi connectivity index (χ2n) is 5.64.